The van der Waals surface area contributed by atoms with Crippen molar-refractivity contribution in [3.05, 3.63) is 58.7 Å². The number of allylic oxidation sites excluding steroid dienone is 7. The molecule has 0 aromatic rings. The molecule has 0 amide bonds. The van der Waals surface area contributed by atoms with Gasteiger partial charge in [0.15, 0.2) is 31.1 Å². The molecule has 1 aliphatic rings. The number of rotatable bonds is 30. The summed E-state index contributed by atoms with van der Waals surface area (Å²) in [7, 11) is -2.30. The Morgan fingerprint density at radius 3 is 1.76 bits per heavy atom. The number of methoxy groups -OCH3 is 3. The average Bonchev–Trinajstić information content (AvgIpc) is 3.29. The predicted octanol–water partition coefficient (Wildman–Crippen LogP) is 14.2. The zero-order chi connectivity index (χ0) is 61.4. The van der Waals surface area contributed by atoms with Gasteiger partial charge in [0, 0.05) is 71.3 Å². The van der Waals surface area contributed by atoms with Gasteiger partial charge >= 0.3 is 17.9 Å². The second-order valence-corrected chi connectivity index (χ2v) is 41.2. The number of ether oxygens (including phenoxy) is 7. The zero-order valence-corrected chi connectivity index (χ0v) is 57.8. The van der Waals surface area contributed by atoms with Gasteiger partial charge in [0.05, 0.1) is 49.8 Å². The summed E-state index contributed by atoms with van der Waals surface area (Å²) < 4.78 is 64.7. The van der Waals surface area contributed by atoms with E-state index in [1.54, 1.807) is 21.0 Å². The van der Waals surface area contributed by atoms with Crippen molar-refractivity contribution in [2.75, 3.05) is 34.5 Å². The molecule has 1 fully saturated rings. The standard InChI is InChI=1S/C62H114O14Si3/c1-29-70-58(66)45(6)37-43(4)35-42(3)36-44(5)52(75-78(25,26)60(14,15)16)34-33-41(2)31-30-32-51(65)54(68-21)39-55(71-48(9)63)57(72-49(10)64)62(69-22)47(8)56(76-79(27,28)61(17,18)19)46(7)53(73-62)38-50(40-67-20)74-77(23,24)59(11,12)13/h31,33-37,44,46-47,50-57,65H,29-30,32,38-40H2,1-28H3/b34-33+,41-31+,42-36+,43-35+,45-37+/t44-,46+,47-,50-,51+,52-,53-,54+,55+,56+,57-,62-/m1/s1. The van der Waals surface area contributed by atoms with Gasteiger partial charge in [-0.2, -0.15) is 0 Å². The van der Waals surface area contributed by atoms with Crippen LogP contribution in [0.25, 0.3) is 0 Å². The quantitative estimate of drug-likeness (QED) is 0.0237. The van der Waals surface area contributed by atoms with E-state index in [-0.39, 0.29) is 51.5 Å². The van der Waals surface area contributed by atoms with Crippen molar-refractivity contribution >= 4 is 42.9 Å². The summed E-state index contributed by atoms with van der Waals surface area (Å²) in [5.41, 5.74) is 3.53. The molecule has 0 saturated carbocycles. The second kappa shape index (κ2) is 31.4. The lowest BCUT2D eigenvalue weighted by molar-refractivity contribution is -0.370. The van der Waals surface area contributed by atoms with E-state index >= 15 is 0 Å². The van der Waals surface area contributed by atoms with Crippen LogP contribution in [0.2, 0.25) is 54.4 Å². The molecule has 1 heterocycles. The molecule has 0 aromatic carbocycles. The lowest BCUT2D eigenvalue weighted by atomic mass is 9.76. The van der Waals surface area contributed by atoms with Crippen LogP contribution >= 0.6 is 0 Å². The van der Waals surface area contributed by atoms with E-state index < -0.39 is 85.2 Å². The Morgan fingerprint density at radius 2 is 1.28 bits per heavy atom. The van der Waals surface area contributed by atoms with Gasteiger partial charge in [0.2, 0.25) is 5.79 Å². The first-order valence-corrected chi connectivity index (χ1v) is 37.6. The molecular weight excluding hydrogens is 1050 g/mol. The first-order chi connectivity index (χ1) is 36.0. The minimum absolute atomic E-state index is 0.0145. The molecule has 0 aliphatic carbocycles. The van der Waals surface area contributed by atoms with Gasteiger partial charge in [-0.1, -0.05) is 130 Å². The van der Waals surface area contributed by atoms with E-state index in [1.165, 1.54) is 28.1 Å². The van der Waals surface area contributed by atoms with Crippen molar-refractivity contribution in [3.8, 4) is 0 Å². The molecule has 79 heavy (non-hydrogen) atoms. The molecule has 0 radical (unpaired) electrons. The van der Waals surface area contributed by atoms with Gasteiger partial charge in [0.1, 0.15) is 6.10 Å². The molecule has 0 spiro atoms. The van der Waals surface area contributed by atoms with E-state index in [0.29, 0.717) is 38.0 Å². The largest absolute Gasteiger partial charge is 0.463 e. The maximum Gasteiger partial charge on any atom is 0.333 e. The number of carbonyl (C=O) groups is 3. The smallest absolute Gasteiger partial charge is 0.333 e. The lowest BCUT2D eigenvalue weighted by Gasteiger charge is -2.56. The third-order valence-corrected chi connectivity index (χ3v) is 30.5. The van der Waals surface area contributed by atoms with E-state index in [2.05, 4.69) is 153 Å². The van der Waals surface area contributed by atoms with Crippen molar-refractivity contribution in [2.45, 2.75) is 266 Å². The summed E-state index contributed by atoms with van der Waals surface area (Å²) in [5, 5.41) is 11.7. The first-order valence-electron chi connectivity index (χ1n) is 28.9. The molecule has 1 saturated heterocycles. The first kappa shape index (κ1) is 74.5. The highest BCUT2D eigenvalue weighted by molar-refractivity contribution is 6.75. The molecule has 1 N–H and O–H groups in total. The third kappa shape index (κ3) is 22.5. The van der Waals surface area contributed by atoms with Crippen LogP contribution in [0.3, 0.4) is 0 Å². The van der Waals surface area contributed by atoms with Crippen LogP contribution in [-0.4, -0.2) is 137 Å². The maximum atomic E-state index is 13.4. The predicted molar refractivity (Wildman–Crippen MR) is 327 cm³/mol. The van der Waals surface area contributed by atoms with E-state index in [9.17, 15) is 19.5 Å². The molecular formula is C62H114O14Si3. The van der Waals surface area contributed by atoms with Crippen LogP contribution in [0.15, 0.2) is 58.7 Å². The van der Waals surface area contributed by atoms with Crippen molar-refractivity contribution in [2.24, 2.45) is 17.8 Å². The number of aliphatic hydroxyl groups excluding tert-OH is 1. The highest BCUT2D eigenvalue weighted by atomic mass is 28.4. The molecule has 12 atom stereocenters. The number of hydrogen-bond acceptors (Lipinski definition) is 14. The topological polar surface area (TPSA) is 164 Å². The minimum atomic E-state index is -2.48. The Morgan fingerprint density at radius 1 is 0.734 bits per heavy atom. The van der Waals surface area contributed by atoms with Crippen molar-refractivity contribution in [3.63, 3.8) is 0 Å². The summed E-state index contributed by atoms with van der Waals surface area (Å²) >= 11 is 0. The fourth-order valence-electron chi connectivity index (χ4n) is 9.31. The number of aliphatic hydroxyl groups is 1. The van der Waals surface area contributed by atoms with Gasteiger partial charge in [0.25, 0.3) is 0 Å². The van der Waals surface area contributed by atoms with Crippen LogP contribution < -0.4 is 0 Å². The van der Waals surface area contributed by atoms with Gasteiger partial charge in [-0.25, -0.2) is 4.79 Å². The van der Waals surface area contributed by atoms with Crippen LogP contribution in [0, 0.1) is 17.8 Å². The Bertz CT molecular complexity index is 2090. The fourth-order valence-corrected chi connectivity index (χ4v) is 13.4. The van der Waals surface area contributed by atoms with Crippen LogP contribution in [0.4, 0.5) is 0 Å². The normalized spacial score (nSPS) is 23.7. The Kier molecular flexibility index (Phi) is 29.6. The summed E-state index contributed by atoms with van der Waals surface area (Å²) in [6.07, 6.45) is 7.58. The highest BCUT2D eigenvalue weighted by Crippen LogP contribution is 2.49. The molecule has 0 bridgehead atoms. The van der Waals surface area contributed by atoms with Crippen molar-refractivity contribution < 1.29 is 65.9 Å². The maximum absolute atomic E-state index is 13.4. The number of carbonyl (C=O) groups excluding carboxylic acids is 3. The molecule has 0 aromatic heterocycles. The Labute approximate surface area is 483 Å². The SMILES string of the molecule is CCOC(=O)/C(C)=C/C(C)=C/C(C)=C/[C@@H](C)[C@@H](/C=C/C(C)=C/CC[C@H](O)[C@H](C[C@H](OC(C)=O)[C@@H](OC(C)=O)[C@]1(OC)O[C@H](C[C@H](COC)O[Si](C)(C)C(C)(C)C)[C@H](C)[C@H](O[Si](C)(C)C(C)(C)C)[C@H]1C)OC)O[Si](C)(C)C(C)(C)C. The third-order valence-electron chi connectivity index (χ3n) is 17.0. The fraction of sp³-hybridized carbons (Fsp3) is 0.790. The zero-order valence-electron chi connectivity index (χ0n) is 54.8. The Balaban J connectivity index is 3.82. The Hall–Kier alpha value is -2.56. The highest BCUT2D eigenvalue weighted by Gasteiger charge is 2.62. The van der Waals surface area contributed by atoms with Crippen LogP contribution in [0.1, 0.15) is 157 Å². The van der Waals surface area contributed by atoms with Gasteiger partial charge in [-0.15, -0.1) is 0 Å². The minimum Gasteiger partial charge on any atom is -0.463 e. The molecule has 458 valence electrons. The molecule has 17 heteroatoms. The van der Waals surface area contributed by atoms with Crippen LogP contribution in [-0.2, 0) is 60.8 Å². The van der Waals surface area contributed by atoms with Crippen molar-refractivity contribution in [1.29, 1.82) is 0 Å². The molecule has 14 nitrogen and oxygen atoms in total. The van der Waals surface area contributed by atoms with Gasteiger partial charge in [-0.05, 0) is 108 Å². The van der Waals surface area contributed by atoms with Gasteiger partial charge < -0.3 is 51.5 Å². The van der Waals surface area contributed by atoms with E-state index in [4.69, 9.17) is 46.4 Å². The van der Waals surface area contributed by atoms with E-state index in [0.717, 1.165) is 16.7 Å². The van der Waals surface area contributed by atoms with E-state index in [1.807, 2.05) is 26.8 Å². The molecule has 1 aliphatic heterocycles. The molecule has 1 rings (SSSR count). The lowest BCUT2D eigenvalue weighted by Crippen LogP contribution is -2.69. The second-order valence-electron chi connectivity index (χ2n) is 27.0. The average molecular weight is 1170 g/mol. The summed E-state index contributed by atoms with van der Waals surface area (Å²) in [4.78, 5) is 38.9. The van der Waals surface area contributed by atoms with Crippen LogP contribution in [0.5, 0.6) is 0 Å². The summed E-state index contributed by atoms with van der Waals surface area (Å²) in [6, 6.07) is 0. The molecule has 0 unspecified atom stereocenters. The monoisotopic (exact) mass is 1170 g/mol. The number of esters is 3. The summed E-state index contributed by atoms with van der Waals surface area (Å²) in [6.45, 7) is 52.4. The van der Waals surface area contributed by atoms with Crippen molar-refractivity contribution in [1.82, 2.24) is 0 Å². The van der Waals surface area contributed by atoms with Gasteiger partial charge in [-0.3, -0.25) is 9.59 Å². The summed E-state index contributed by atoms with van der Waals surface area (Å²) in [5.74, 6) is -4.02. The number of hydrogen-bond donors (Lipinski definition) is 1.